The Morgan fingerprint density at radius 2 is 2.00 bits per heavy atom. The first-order chi connectivity index (χ1) is 7.68. The molecule has 1 heterocycles. The Balaban J connectivity index is 0.00000144. The molecule has 2 atom stereocenters. The van der Waals surface area contributed by atoms with Gasteiger partial charge < -0.3 is 10.4 Å². The molecule has 1 saturated heterocycles. The van der Waals surface area contributed by atoms with Crippen LogP contribution >= 0.6 is 12.4 Å². The van der Waals surface area contributed by atoms with Gasteiger partial charge in [0.25, 0.3) is 0 Å². The van der Waals surface area contributed by atoms with E-state index in [-0.39, 0.29) is 24.3 Å². The second kappa shape index (κ2) is 5.98. The highest BCUT2D eigenvalue weighted by Gasteiger charge is 2.31. The molecule has 0 bridgehead atoms. The van der Waals surface area contributed by atoms with Crippen LogP contribution in [0.25, 0.3) is 0 Å². The van der Waals surface area contributed by atoms with Crippen LogP contribution in [0, 0.1) is 11.7 Å². The van der Waals surface area contributed by atoms with E-state index < -0.39 is 11.9 Å². The number of aliphatic carboxylic acids is 1. The highest BCUT2D eigenvalue weighted by Crippen LogP contribution is 2.29. The second-order valence-corrected chi connectivity index (χ2v) is 4.07. The van der Waals surface area contributed by atoms with Gasteiger partial charge in [0, 0.05) is 6.04 Å². The zero-order valence-electron chi connectivity index (χ0n) is 9.23. The largest absolute Gasteiger partial charge is 0.481 e. The van der Waals surface area contributed by atoms with E-state index in [1.807, 2.05) is 0 Å². The molecule has 1 fully saturated rings. The fourth-order valence-corrected chi connectivity index (χ4v) is 2.17. The Labute approximate surface area is 105 Å². The monoisotopic (exact) mass is 259 g/mol. The molecule has 5 heteroatoms. The van der Waals surface area contributed by atoms with Crippen LogP contribution in [0.4, 0.5) is 4.39 Å². The molecule has 1 aromatic rings. The molecule has 1 aromatic carbocycles. The van der Waals surface area contributed by atoms with Gasteiger partial charge in [-0.15, -0.1) is 12.4 Å². The van der Waals surface area contributed by atoms with Crippen LogP contribution in [0.5, 0.6) is 0 Å². The van der Waals surface area contributed by atoms with Crippen molar-refractivity contribution in [2.45, 2.75) is 18.9 Å². The first-order valence-electron chi connectivity index (χ1n) is 5.40. The quantitative estimate of drug-likeness (QED) is 0.857. The number of piperidine rings is 1. The highest BCUT2D eigenvalue weighted by molar-refractivity contribution is 5.85. The molecule has 2 rings (SSSR count). The normalized spacial score (nSPS) is 23.8. The zero-order valence-corrected chi connectivity index (χ0v) is 10.0. The second-order valence-electron chi connectivity index (χ2n) is 4.07. The van der Waals surface area contributed by atoms with Gasteiger partial charge in [-0.25, -0.2) is 4.39 Å². The molecule has 1 unspecified atom stereocenters. The van der Waals surface area contributed by atoms with Gasteiger partial charge in [0.15, 0.2) is 0 Å². The molecule has 2 N–H and O–H groups in total. The smallest absolute Gasteiger partial charge is 0.308 e. The van der Waals surface area contributed by atoms with Crippen molar-refractivity contribution in [2.24, 2.45) is 5.92 Å². The molecular weight excluding hydrogens is 245 g/mol. The average molecular weight is 260 g/mol. The van der Waals surface area contributed by atoms with Crippen molar-refractivity contribution in [3.05, 3.63) is 35.6 Å². The maximum atomic E-state index is 12.8. The molecule has 0 aliphatic carbocycles. The van der Waals surface area contributed by atoms with Crippen molar-refractivity contribution in [3.63, 3.8) is 0 Å². The van der Waals surface area contributed by atoms with Crippen molar-refractivity contribution >= 4 is 18.4 Å². The van der Waals surface area contributed by atoms with Crippen molar-refractivity contribution in [3.8, 4) is 0 Å². The van der Waals surface area contributed by atoms with Crippen molar-refractivity contribution in [1.29, 1.82) is 0 Å². The van der Waals surface area contributed by atoms with Crippen LogP contribution in [0.2, 0.25) is 0 Å². The van der Waals surface area contributed by atoms with Gasteiger partial charge in [0.2, 0.25) is 0 Å². The molecule has 17 heavy (non-hydrogen) atoms. The lowest BCUT2D eigenvalue weighted by Crippen LogP contribution is -2.38. The number of benzene rings is 1. The standard InChI is InChI=1S/C12H14FNO2.ClH/c13-9-5-3-8(4-6-9)11-10(12(15)16)2-1-7-14-11;/h3-6,10-11,14H,1-2,7H2,(H,15,16);1H/t10?,11-;/m1./s1. The molecular formula is C12H15ClFNO2. The topological polar surface area (TPSA) is 49.3 Å². The maximum absolute atomic E-state index is 12.8. The first-order valence-corrected chi connectivity index (χ1v) is 5.40. The average Bonchev–Trinajstić information content (AvgIpc) is 2.30. The minimum atomic E-state index is -0.790. The Morgan fingerprint density at radius 3 is 2.59 bits per heavy atom. The lowest BCUT2D eigenvalue weighted by atomic mass is 9.86. The summed E-state index contributed by atoms with van der Waals surface area (Å²) in [4.78, 5) is 11.1. The van der Waals surface area contributed by atoms with Gasteiger partial charge in [0.1, 0.15) is 5.82 Å². The number of halogens is 2. The number of hydrogen-bond acceptors (Lipinski definition) is 2. The fourth-order valence-electron chi connectivity index (χ4n) is 2.17. The summed E-state index contributed by atoms with van der Waals surface area (Å²) < 4.78 is 12.8. The van der Waals surface area contributed by atoms with Crippen LogP contribution < -0.4 is 5.32 Å². The van der Waals surface area contributed by atoms with Crippen LogP contribution in [0.3, 0.4) is 0 Å². The molecule has 1 aliphatic rings. The third-order valence-electron chi connectivity index (χ3n) is 3.00. The van der Waals surface area contributed by atoms with E-state index in [0.29, 0.717) is 6.42 Å². The molecule has 0 amide bonds. The van der Waals surface area contributed by atoms with Crippen LogP contribution in [0.15, 0.2) is 24.3 Å². The summed E-state index contributed by atoms with van der Waals surface area (Å²) in [6.07, 6.45) is 1.54. The van der Waals surface area contributed by atoms with E-state index in [0.717, 1.165) is 18.5 Å². The number of rotatable bonds is 2. The minimum absolute atomic E-state index is 0. The third kappa shape index (κ3) is 3.17. The molecule has 0 spiro atoms. The predicted octanol–water partition coefficient (Wildman–Crippen LogP) is 2.37. The van der Waals surface area contributed by atoms with Crippen molar-refractivity contribution in [2.75, 3.05) is 6.54 Å². The van der Waals surface area contributed by atoms with Crippen LogP contribution in [0.1, 0.15) is 24.4 Å². The van der Waals surface area contributed by atoms with Gasteiger partial charge in [0.05, 0.1) is 5.92 Å². The summed E-state index contributed by atoms with van der Waals surface area (Å²) >= 11 is 0. The highest BCUT2D eigenvalue weighted by atomic mass is 35.5. The maximum Gasteiger partial charge on any atom is 0.308 e. The van der Waals surface area contributed by atoms with Gasteiger partial charge in [-0.1, -0.05) is 12.1 Å². The van der Waals surface area contributed by atoms with Gasteiger partial charge >= 0.3 is 5.97 Å². The molecule has 3 nitrogen and oxygen atoms in total. The Bertz CT molecular complexity index is 383. The lowest BCUT2D eigenvalue weighted by molar-refractivity contribution is -0.143. The van der Waals surface area contributed by atoms with E-state index in [4.69, 9.17) is 5.11 Å². The molecule has 0 aromatic heterocycles. The molecule has 0 saturated carbocycles. The Morgan fingerprint density at radius 1 is 1.35 bits per heavy atom. The van der Waals surface area contributed by atoms with Crippen LogP contribution in [-0.2, 0) is 4.79 Å². The summed E-state index contributed by atoms with van der Waals surface area (Å²) in [5.74, 6) is -1.51. The Hall–Kier alpha value is -1.13. The molecule has 94 valence electrons. The van der Waals surface area contributed by atoms with E-state index in [1.54, 1.807) is 12.1 Å². The summed E-state index contributed by atoms with van der Waals surface area (Å²) in [5, 5.41) is 12.3. The summed E-state index contributed by atoms with van der Waals surface area (Å²) in [5.41, 5.74) is 0.841. The molecule has 0 radical (unpaired) electrons. The zero-order chi connectivity index (χ0) is 11.5. The summed E-state index contributed by atoms with van der Waals surface area (Å²) in [7, 11) is 0. The lowest BCUT2D eigenvalue weighted by Gasteiger charge is -2.30. The van der Waals surface area contributed by atoms with E-state index >= 15 is 0 Å². The van der Waals surface area contributed by atoms with Crippen LogP contribution in [-0.4, -0.2) is 17.6 Å². The van der Waals surface area contributed by atoms with Gasteiger partial charge in [-0.05, 0) is 37.1 Å². The Kier molecular flexibility index (Phi) is 4.90. The minimum Gasteiger partial charge on any atom is -0.481 e. The predicted molar refractivity (Wildman–Crippen MR) is 64.8 cm³/mol. The summed E-state index contributed by atoms with van der Waals surface area (Å²) in [6.45, 7) is 0.811. The van der Waals surface area contributed by atoms with Gasteiger partial charge in [-0.2, -0.15) is 0 Å². The fraction of sp³-hybridized carbons (Fsp3) is 0.417. The third-order valence-corrected chi connectivity index (χ3v) is 3.00. The van der Waals surface area contributed by atoms with Crippen molar-refractivity contribution in [1.82, 2.24) is 5.32 Å². The first kappa shape index (κ1) is 13.9. The summed E-state index contributed by atoms with van der Waals surface area (Å²) in [6, 6.07) is 5.82. The number of hydrogen-bond donors (Lipinski definition) is 2. The molecule has 1 aliphatic heterocycles. The van der Waals surface area contributed by atoms with E-state index in [1.165, 1.54) is 12.1 Å². The number of carbonyl (C=O) groups is 1. The number of carboxylic acid groups (broad SMARTS) is 1. The van der Waals surface area contributed by atoms with E-state index in [9.17, 15) is 9.18 Å². The SMILES string of the molecule is Cl.O=C(O)C1CCCN[C@@H]1c1ccc(F)cc1. The van der Waals surface area contributed by atoms with E-state index in [2.05, 4.69) is 5.32 Å². The number of carboxylic acids is 1. The van der Waals surface area contributed by atoms with Gasteiger partial charge in [-0.3, -0.25) is 4.79 Å². The number of nitrogens with one attached hydrogen (secondary N) is 1. The van der Waals surface area contributed by atoms with Crippen molar-refractivity contribution < 1.29 is 14.3 Å².